The summed E-state index contributed by atoms with van der Waals surface area (Å²) >= 11 is 0. The second-order valence-corrected chi connectivity index (χ2v) is 7.23. The lowest BCUT2D eigenvalue weighted by atomic mass is 9.55. The van der Waals surface area contributed by atoms with E-state index in [1.807, 2.05) is 6.07 Å². The Balaban J connectivity index is 1.97. The first-order valence-electron chi connectivity index (χ1n) is 8.42. The summed E-state index contributed by atoms with van der Waals surface area (Å²) in [5, 5.41) is 10.6. The van der Waals surface area contributed by atoms with Gasteiger partial charge in [0.1, 0.15) is 12.2 Å². The fourth-order valence-electron chi connectivity index (χ4n) is 5.23. The molecule has 3 aliphatic rings. The van der Waals surface area contributed by atoms with Crippen molar-refractivity contribution < 1.29 is 14.6 Å². The summed E-state index contributed by atoms with van der Waals surface area (Å²) < 4.78 is 11.9. The average Bonchev–Trinajstić information content (AvgIpc) is 2.90. The number of aliphatic hydroxyl groups is 1. The predicted octanol–water partition coefficient (Wildman–Crippen LogP) is 2.14. The summed E-state index contributed by atoms with van der Waals surface area (Å²) in [6.07, 6.45) is 2.67. The quantitative estimate of drug-likeness (QED) is 0.868. The number of aliphatic hydroxyl groups excluding tert-OH is 1. The lowest BCUT2D eigenvalue weighted by molar-refractivity contribution is -0.0445. The number of hydrogen-bond donors (Lipinski definition) is 1. The molecular formula is C19H25NO3. The van der Waals surface area contributed by atoms with E-state index in [-0.39, 0.29) is 11.5 Å². The summed E-state index contributed by atoms with van der Waals surface area (Å²) in [6, 6.07) is 4.66. The van der Waals surface area contributed by atoms with Crippen molar-refractivity contribution in [3.8, 4) is 11.5 Å². The molecule has 4 nitrogen and oxygen atoms in total. The lowest BCUT2D eigenvalue weighted by Gasteiger charge is -2.54. The zero-order valence-electron chi connectivity index (χ0n) is 14.1. The molecular weight excluding hydrogens is 290 g/mol. The molecule has 1 aromatic carbocycles. The van der Waals surface area contributed by atoms with E-state index < -0.39 is 6.10 Å². The highest BCUT2D eigenvalue weighted by Gasteiger charge is 2.62. The molecule has 1 N–H and O–H groups in total. The summed E-state index contributed by atoms with van der Waals surface area (Å²) in [4.78, 5) is 2.46. The number of likely N-dealkylation sites (tertiary alicyclic amines) is 1. The van der Waals surface area contributed by atoms with Crippen molar-refractivity contribution in [2.45, 2.75) is 43.4 Å². The van der Waals surface area contributed by atoms with E-state index in [1.54, 1.807) is 13.2 Å². The Morgan fingerprint density at radius 3 is 3.00 bits per heavy atom. The van der Waals surface area contributed by atoms with E-state index in [9.17, 15) is 5.11 Å². The van der Waals surface area contributed by atoms with Gasteiger partial charge in [0.05, 0.1) is 7.11 Å². The minimum Gasteiger partial charge on any atom is -0.493 e. The zero-order chi connectivity index (χ0) is 16.4. The number of benzene rings is 1. The monoisotopic (exact) mass is 315 g/mol. The normalized spacial score (nSPS) is 36.1. The third-order valence-corrected chi connectivity index (χ3v) is 6.46. The van der Waals surface area contributed by atoms with Gasteiger partial charge in [0, 0.05) is 17.0 Å². The Kier molecular flexibility index (Phi) is 3.26. The highest BCUT2D eigenvalue weighted by Crippen LogP contribution is 2.60. The Bertz CT molecular complexity index is 658. The van der Waals surface area contributed by atoms with Crippen molar-refractivity contribution in [1.82, 2.24) is 4.90 Å². The number of methoxy groups -OCH3 is 1. The summed E-state index contributed by atoms with van der Waals surface area (Å²) in [6.45, 7) is 7.12. The maximum absolute atomic E-state index is 10.6. The first-order chi connectivity index (χ1) is 11.0. The molecule has 2 heterocycles. The summed E-state index contributed by atoms with van der Waals surface area (Å²) in [7, 11) is 3.88. The molecule has 1 aromatic rings. The predicted molar refractivity (Wildman–Crippen MR) is 89.2 cm³/mol. The smallest absolute Gasteiger partial charge is 0.165 e. The molecule has 0 unspecified atom stereocenters. The van der Waals surface area contributed by atoms with E-state index in [4.69, 9.17) is 9.47 Å². The van der Waals surface area contributed by atoms with Crippen LogP contribution in [-0.2, 0) is 11.8 Å². The number of nitrogens with zero attached hydrogens (tertiary/aromatic N) is 1. The number of piperidine rings is 1. The lowest BCUT2D eigenvalue weighted by Crippen LogP contribution is -2.62. The second kappa shape index (κ2) is 4.99. The summed E-state index contributed by atoms with van der Waals surface area (Å²) in [5.74, 6) is 2.03. The van der Waals surface area contributed by atoms with Crippen LogP contribution in [0, 0.1) is 5.92 Å². The van der Waals surface area contributed by atoms with Gasteiger partial charge in [-0.15, -0.1) is 6.58 Å². The number of likely N-dealkylation sites (N-methyl/N-ethyl adjacent to an activating group) is 1. The van der Waals surface area contributed by atoms with Crippen molar-refractivity contribution in [2.24, 2.45) is 5.92 Å². The maximum Gasteiger partial charge on any atom is 0.165 e. The molecule has 0 aromatic heterocycles. The minimum absolute atomic E-state index is 0.151. The minimum atomic E-state index is -0.676. The number of fused-ring (bicyclic) bond motifs is 1. The van der Waals surface area contributed by atoms with Crippen molar-refractivity contribution in [3.63, 3.8) is 0 Å². The van der Waals surface area contributed by atoms with E-state index in [0.717, 1.165) is 30.9 Å². The molecule has 4 heteroatoms. The number of ether oxygens (including phenoxy) is 2. The largest absolute Gasteiger partial charge is 0.493 e. The van der Waals surface area contributed by atoms with Crippen LogP contribution in [0.1, 0.15) is 24.5 Å². The third-order valence-electron chi connectivity index (χ3n) is 6.46. The van der Waals surface area contributed by atoms with E-state index in [1.165, 1.54) is 11.1 Å². The van der Waals surface area contributed by atoms with Crippen LogP contribution in [0.5, 0.6) is 11.5 Å². The van der Waals surface area contributed by atoms with E-state index in [0.29, 0.717) is 12.0 Å². The number of rotatable bonds is 3. The van der Waals surface area contributed by atoms with Crippen LogP contribution < -0.4 is 9.47 Å². The van der Waals surface area contributed by atoms with Crippen molar-refractivity contribution >= 4 is 0 Å². The fraction of sp³-hybridized carbons (Fsp3) is 0.579. The van der Waals surface area contributed by atoms with Crippen LogP contribution in [0.15, 0.2) is 24.8 Å². The van der Waals surface area contributed by atoms with Gasteiger partial charge < -0.3 is 19.5 Å². The van der Waals surface area contributed by atoms with Crippen LogP contribution in [0.25, 0.3) is 0 Å². The molecule has 2 bridgehead atoms. The molecule has 23 heavy (non-hydrogen) atoms. The highest BCUT2D eigenvalue weighted by molar-refractivity contribution is 5.60. The maximum atomic E-state index is 10.6. The van der Waals surface area contributed by atoms with Gasteiger partial charge in [-0.3, -0.25) is 0 Å². The molecule has 5 atom stereocenters. The van der Waals surface area contributed by atoms with E-state index in [2.05, 4.69) is 31.5 Å². The molecule has 2 aliphatic heterocycles. The van der Waals surface area contributed by atoms with Crippen LogP contribution in [-0.4, -0.2) is 49.0 Å². The molecule has 1 spiro atoms. The standard InChI is InChI=1S/C19H25NO3/c1-5-14(21)18-19-8-9-20(3)13(11(19)2)10-12-6-7-15(22-4)17(23-18)16(12)19/h5-7,11,13-14,18,21H,1,8-10H2,2-4H3/t11-,13+,14-,18-,19-/m0/s1. The molecule has 124 valence electrons. The highest BCUT2D eigenvalue weighted by atomic mass is 16.5. The molecule has 1 fully saturated rings. The van der Waals surface area contributed by atoms with Gasteiger partial charge in [0.2, 0.25) is 0 Å². The molecule has 0 radical (unpaired) electrons. The molecule has 4 rings (SSSR count). The molecule has 1 saturated heterocycles. The SMILES string of the molecule is C=C[C@H](O)[C@@H]1Oc2c(OC)ccc3c2[C@@]12CCN(C)[C@H](C3)[C@@H]2C. The Labute approximate surface area is 137 Å². The van der Waals surface area contributed by atoms with Crippen molar-refractivity contribution in [1.29, 1.82) is 0 Å². The van der Waals surface area contributed by atoms with Gasteiger partial charge in [-0.2, -0.15) is 0 Å². The van der Waals surface area contributed by atoms with Crippen LogP contribution in [0.4, 0.5) is 0 Å². The second-order valence-electron chi connectivity index (χ2n) is 7.23. The van der Waals surface area contributed by atoms with Crippen LogP contribution in [0.3, 0.4) is 0 Å². The van der Waals surface area contributed by atoms with Crippen LogP contribution in [0.2, 0.25) is 0 Å². The topological polar surface area (TPSA) is 41.9 Å². The molecule has 0 amide bonds. The van der Waals surface area contributed by atoms with Gasteiger partial charge >= 0.3 is 0 Å². The Hall–Kier alpha value is -1.52. The molecule has 1 aliphatic carbocycles. The molecule has 0 saturated carbocycles. The van der Waals surface area contributed by atoms with Gasteiger partial charge in [0.15, 0.2) is 11.5 Å². The fourth-order valence-corrected chi connectivity index (χ4v) is 5.23. The summed E-state index contributed by atoms with van der Waals surface area (Å²) in [5.41, 5.74) is 2.47. The third kappa shape index (κ3) is 1.74. The van der Waals surface area contributed by atoms with E-state index >= 15 is 0 Å². The first kappa shape index (κ1) is 15.0. The Morgan fingerprint density at radius 2 is 2.30 bits per heavy atom. The first-order valence-corrected chi connectivity index (χ1v) is 8.42. The zero-order valence-corrected chi connectivity index (χ0v) is 14.1. The van der Waals surface area contributed by atoms with Gasteiger partial charge in [-0.1, -0.05) is 19.1 Å². The number of hydrogen-bond acceptors (Lipinski definition) is 4. The van der Waals surface area contributed by atoms with Crippen molar-refractivity contribution in [2.75, 3.05) is 20.7 Å². The van der Waals surface area contributed by atoms with Gasteiger partial charge in [0.25, 0.3) is 0 Å². The van der Waals surface area contributed by atoms with Gasteiger partial charge in [-0.05, 0) is 44.0 Å². The Morgan fingerprint density at radius 1 is 1.52 bits per heavy atom. The van der Waals surface area contributed by atoms with Gasteiger partial charge in [-0.25, -0.2) is 0 Å². The van der Waals surface area contributed by atoms with Crippen LogP contribution >= 0.6 is 0 Å². The van der Waals surface area contributed by atoms with Crippen molar-refractivity contribution in [3.05, 3.63) is 35.9 Å². The average molecular weight is 315 g/mol.